The summed E-state index contributed by atoms with van der Waals surface area (Å²) < 4.78 is 19.8. The second kappa shape index (κ2) is 11.6. The van der Waals surface area contributed by atoms with Crippen LogP contribution in [-0.2, 0) is 22.4 Å². The standard InChI is InChI=1S/C29H29FN2O4/c1-21(33)24-13-14-27(26(30)19-24)31-15-17-32(18-16-31)28(34)20-36-29(35)25-10-6-5-9-23(25)12-11-22-7-3-2-4-8-22/h2-10,13-14,19H,11-12,15-18,20H2,1H3. The Balaban J connectivity index is 1.28. The third kappa shape index (κ3) is 6.16. The van der Waals surface area contributed by atoms with Gasteiger partial charge in [0.05, 0.1) is 11.3 Å². The van der Waals surface area contributed by atoms with Gasteiger partial charge in [-0.2, -0.15) is 0 Å². The molecule has 1 heterocycles. The zero-order valence-electron chi connectivity index (χ0n) is 20.3. The minimum Gasteiger partial charge on any atom is -0.452 e. The Bertz CT molecular complexity index is 1240. The number of piperazine rings is 1. The molecule has 1 aliphatic heterocycles. The van der Waals surface area contributed by atoms with Gasteiger partial charge >= 0.3 is 5.97 Å². The second-order valence-electron chi connectivity index (χ2n) is 8.81. The van der Waals surface area contributed by atoms with Crippen LogP contribution in [0.3, 0.4) is 0 Å². The van der Waals surface area contributed by atoms with Gasteiger partial charge in [-0.05, 0) is 55.2 Å². The first kappa shape index (κ1) is 25.1. The molecule has 4 rings (SSSR count). The fraction of sp³-hybridized carbons (Fsp3) is 0.276. The number of hydrogen-bond acceptors (Lipinski definition) is 5. The van der Waals surface area contributed by atoms with Crippen molar-refractivity contribution in [1.82, 2.24) is 4.90 Å². The lowest BCUT2D eigenvalue weighted by Gasteiger charge is -2.36. The number of Topliss-reactive ketones (excluding diaryl/α,β-unsaturated/α-hetero) is 1. The number of ketones is 1. The summed E-state index contributed by atoms with van der Waals surface area (Å²) in [4.78, 5) is 40.3. The van der Waals surface area contributed by atoms with Crippen molar-refractivity contribution in [3.8, 4) is 0 Å². The predicted octanol–water partition coefficient (Wildman–Crippen LogP) is 4.32. The smallest absolute Gasteiger partial charge is 0.338 e. The van der Waals surface area contributed by atoms with E-state index < -0.39 is 11.8 Å². The molecule has 0 aromatic heterocycles. The lowest BCUT2D eigenvalue weighted by Crippen LogP contribution is -2.50. The van der Waals surface area contributed by atoms with Crippen LogP contribution in [0.2, 0.25) is 0 Å². The van der Waals surface area contributed by atoms with Gasteiger partial charge in [-0.25, -0.2) is 9.18 Å². The molecular weight excluding hydrogens is 459 g/mol. The average molecular weight is 489 g/mol. The van der Waals surface area contributed by atoms with E-state index in [4.69, 9.17) is 4.74 Å². The van der Waals surface area contributed by atoms with E-state index in [1.165, 1.54) is 18.6 Å². The summed E-state index contributed by atoms with van der Waals surface area (Å²) in [7, 11) is 0. The highest BCUT2D eigenvalue weighted by Crippen LogP contribution is 2.22. The van der Waals surface area contributed by atoms with Gasteiger partial charge in [0, 0.05) is 31.7 Å². The van der Waals surface area contributed by atoms with E-state index in [0.29, 0.717) is 49.4 Å². The molecule has 3 aromatic rings. The number of amides is 1. The van der Waals surface area contributed by atoms with Crippen LogP contribution in [0, 0.1) is 5.82 Å². The summed E-state index contributed by atoms with van der Waals surface area (Å²) >= 11 is 0. The first-order valence-corrected chi connectivity index (χ1v) is 12.0. The molecule has 1 fully saturated rings. The molecule has 0 bridgehead atoms. The lowest BCUT2D eigenvalue weighted by atomic mass is 10.00. The zero-order chi connectivity index (χ0) is 25.5. The highest BCUT2D eigenvalue weighted by Gasteiger charge is 2.24. The molecule has 36 heavy (non-hydrogen) atoms. The second-order valence-corrected chi connectivity index (χ2v) is 8.81. The van der Waals surface area contributed by atoms with E-state index in [2.05, 4.69) is 12.1 Å². The number of anilines is 1. The summed E-state index contributed by atoms with van der Waals surface area (Å²) in [5.41, 5.74) is 3.27. The molecule has 0 N–H and O–H groups in total. The Morgan fingerprint density at radius 3 is 2.25 bits per heavy atom. The molecule has 6 nitrogen and oxygen atoms in total. The topological polar surface area (TPSA) is 66.9 Å². The van der Waals surface area contributed by atoms with Crippen LogP contribution >= 0.6 is 0 Å². The monoisotopic (exact) mass is 488 g/mol. The van der Waals surface area contributed by atoms with E-state index in [1.807, 2.05) is 35.2 Å². The van der Waals surface area contributed by atoms with Crippen molar-refractivity contribution in [2.75, 3.05) is 37.7 Å². The van der Waals surface area contributed by atoms with Crippen molar-refractivity contribution >= 4 is 23.3 Å². The molecule has 1 aliphatic rings. The number of hydrogen-bond donors (Lipinski definition) is 0. The molecule has 0 unspecified atom stereocenters. The number of halogens is 1. The summed E-state index contributed by atoms with van der Waals surface area (Å²) in [6, 6.07) is 21.8. The molecule has 0 atom stereocenters. The van der Waals surface area contributed by atoms with E-state index in [0.717, 1.165) is 12.0 Å². The minimum atomic E-state index is -0.515. The number of rotatable bonds is 8. The molecular formula is C29H29FN2O4. The fourth-order valence-corrected chi connectivity index (χ4v) is 4.34. The van der Waals surface area contributed by atoms with Crippen molar-refractivity contribution in [3.63, 3.8) is 0 Å². The Morgan fingerprint density at radius 2 is 1.56 bits per heavy atom. The maximum absolute atomic E-state index is 14.5. The molecule has 1 amide bonds. The number of carbonyl (C=O) groups excluding carboxylic acids is 3. The first-order valence-electron chi connectivity index (χ1n) is 12.0. The molecule has 0 saturated carbocycles. The quantitative estimate of drug-likeness (QED) is 0.349. The maximum atomic E-state index is 14.5. The van der Waals surface area contributed by atoms with Gasteiger partial charge in [-0.15, -0.1) is 0 Å². The Labute approximate surface area is 210 Å². The van der Waals surface area contributed by atoms with Gasteiger partial charge in [0.2, 0.25) is 0 Å². The highest BCUT2D eigenvalue weighted by atomic mass is 19.1. The lowest BCUT2D eigenvalue weighted by molar-refractivity contribution is -0.134. The number of benzene rings is 3. The van der Waals surface area contributed by atoms with Crippen molar-refractivity contribution in [2.45, 2.75) is 19.8 Å². The van der Waals surface area contributed by atoms with Crippen LogP contribution in [0.15, 0.2) is 72.8 Å². The van der Waals surface area contributed by atoms with Crippen molar-refractivity contribution in [1.29, 1.82) is 0 Å². The van der Waals surface area contributed by atoms with Crippen molar-refractivity contribution in [2.24, 2.45) is 0 Å². The predicted molar refractivity (Wildman–Crippen MR) is 136 cm³/mol. The average Bonchev–Trinajstić information content (AvgIpc) is 2.91. The summed E-state index contributed by atoms with van der Waals surface area (Å²) in [6.07, 6.45) is 1.49. The van der Waals surface area contributed by atoms with Crippen LogP contribution in [0.5, 0.6) is 0 Å². The highest BCUT2D eigenvalue weighted by molar-refractivity contribution is 5.94. The summed E-state index contributed by atoms with van der Waals surface area (Å²) in [6.45, 7) is 2.72. The van der Waals surface area contributed by atoms with Crippen LogP contribution in [0.25, 0.3) is 0 Å². The summed E-state index contributed by atoms with van der Waals surface area (Å²) in [5.74, 6) is -1.44. The molecule has 186 valence electrons. The Morgan fingerprint density at radius 1 is 0.861 bits per heavy atom. The van der Waals surface area contributed by atoms with Crippen LogP contribution in [0.1, 0.15) is 38.8 Å². The van der Waals surface area contributed by atoms with E-state index in [1.54, 1.807) is 29.2 Å². The SMILES string of the molecule is CC(=O)c1ccc(N2CCN(C(=O)COC(=O)c3ccccc3CCc3ccccc3)CC2)c(F)c1. The third-order valence-electron chi connectivity index (χ3n) is 6.42. The Hall–Kier alpha value is -4.00. The molecule has 7 heteroatoms. The normalized spacial score (nSPS) is 13.4. The minimum absolute atomic E-state index is 0.191. The van der Waals surface area contributed by atoms with E-state index >= 15 is 0 Å². The van der Waals surface area contributed by atoms with Crippen LogP contribution in [-0.4, -0.2) is 55.3 Å². The number of aryl methyl sites for hydroxylation is 2. The van der Waals surface area contributed by atoms with E-state index in [-0.39, 0.29) is 18.3 Å². The Kier molecular flexibility index (Phi) is 8.10. The first-order chi connectivity index (χ1) is 17.4. The third-order valence-corrected chi connectivity index (χ3v) is 6.42. The fourth-order valence-electron chi connectivity index (χ4n) is 4.34. The van der Waals surface area contributed by atoms with Crippen molar-refractivity contribution in [3.05, 3.63) is 101 Å². The van der Waals surface area contributed by atoms with Gasteiger partial charge in [-0.1, -0.05) is 48.5 Å². The number of esters is 1. The maximum Gasteiger partial charge on any atom is 0.338 e. The van der Waals surface area contributed by atoms with Gasteiger partial charge in [0.25, 0.3) is 5.91 Å². The zero-order valence-corrected chi connectivity index (χ0v) is 20.3. The van der Waals surface area contributed by atoms with E-state index in [9.17, 15) is 18.8 Å². The number of nitrogens with zero attached hydrogens (tertiary/aromatic N) is 2. The molecule has 3 aromatic carbocycles. The van der Waals surface area contributed by atoms with Crippen LogP contribution in [0.4, 0.5) is 10.1 Å². The number of carbonyl (C=O) groups is 3. The van der Waals surface area contributed by atoms with Crippen molar-refractivity contribution < 1.29 is 23.5 Å². The molecule has 0 spiro atoms. The van der Waals surface area contributed by atoms with Gasteiger partial charge in [0.15, 0.2) is 12.4 Å². The van der Waals surface area contributed by atoms with Gasteiger partial charge < -0.3 is 14.5 Å². The summed E-state index contributed by atoms with van der Waals surface area (Å²) in [5, 5.41) is 0. The molecule has 0 aliphatic carbocycles. The molecule has 0 radical (unpaired) electrons. The van der Waals surface area contributed by atoms with Gasteiger partial charge in [0.1, 0.15) is 5.82 Å². The molecule has 1 saturated heterocycles. The number of ether oxygens (including phenoxy) is 1. The van der Waals surface area contributed by atoms with Crippen LogP contribution < -0.4 is 4.90 Å². The van der Waals surface area contributed by atoms with Gasteiger partial charge in [-0.3, -0.25) is 9.59 Å². The largest absolute Gasteiger partial charge is 0.452 e.